The zero-order valence-corrected chi connectivity index (χ0v) is 15.4. The number of anilines is 1. The van der Waals surface area contributed by atoms with Crippen LogP contribution in [0, 0.1) is 17.0 Å². The third kappa shape index (κ3) is 4.19. The topological polar surface area (TPSA) is 81.9 Å². The zero-order chi connectivity index (χ0) is 19.4. The molecule has 0 unspecified atom stereocenters. The lowest BCUT2D eigenvalue weighted by molar-refractivity contribution is -0.384. The number of hydrogen-bond acceptors (Lipinski definition) is 6. The van der Waals surface area contributed by atoms with Gasteiger partial charge in [0.1, 0.15) is 18.0 Å². The Balaban J connectivity index is 1.78. The van der Waals surface area contributed by atoms with Crippen LogP contribution in [-0.2, 0) is 11.3 Å². The maximum Gasteiger partial charge on any atom is 0.338 e. The van der Waals surface area contributed by atoms with Gasteiger partial charge in [-0.15, -0.1) is 0 Å². The molecule has 0 saturated carbocycles. The molecule has 7 nitrogen and oxygen atoms in total. The van der Waals surface area contributed by atoms with E-state index in [0.29, 0.717) is 11.4 Å². The maximum absolute atomic E-state index is 12.4. The normalized spacial score (nSPS) is 13.5. The van der Waals surface area contributed by atoms with E-state index in [1.807, 2.05) is 30.0 Å². The third-order valence-electron chi connectivity index (χ3n) is 4.65. The average molecular weight is 370 g/mol. The van der Waals surface area contributed by atoms with Gasteiger partial charge in [0.25, 0.3) is 5.69 Å². The minimum Gasteiger partial charge on any atom is -0.496 e. The highest BCUT2D eigenvalue weighted by Gasteiger charge is 2.24. The number of nitro groups is 1. The van der Waals surface area contributed by atoms with Crippen molar-refractivity contribution in [3.63, 3.8) is 0 Å². The summed E-state index contributed by atoms with van der Waals surface area (Å²) in [6.07, 6.45) is 2.03. The van der Waals surface area contributed by atoms with Crippen molar-refractivity contribution in [2.45, 2.75) is 26.4 Å². The largest absolute Gasteiger partial charge is 0.496 e. The Bertz CT molecular complexity index is 859. The van der Waals surface area contributed by atoms with E-state index in [1.165, 1.54) is 6.07 Å². The lowest BCUT2D eigenvalue weighted by Gasteiger charge is -2.17. The standard InChI is InChI=1S/C20H22N2O5/c1-14-5-8-19(26-2)16(11-14)13-27-20(23)15-6-7-17(18(12-15)22(24)25)21-9-3-4-10-21/h5-8,11-12H,3-4,9-10,13H2,1-2H3. The zero-order valence-electron chi connectivity index (χ0n) is 15.4. The van der Waals surface area contributed by atoms with Gasteiger partial charge in [-0.3, -0.25) is 10.1 Å². The quantitative estimate of drug-likeness (QED) is 0.436. The van der Waals surface area contributed by atoms with Gasteiger partial charge in [0.2, 0.25) is 0 Å². The Morgan fingerprint density at radius 3 is 2.59 bits per heavy atom. The van der Waals surface area contributed by atoms with E-state index in [1.54, 1.807) is 19.2 Å². The van der Waals surface area contributed by atoms with Gasteiger partial charge < -0.3 is 14.4 Å². The molecular formula is C20H22N2O5. The van der Waals surface area contributed by atoms with Gasteiger partial charge in [0, 0.05) is 24.7 Å². The van der Waals surface area contributed by atoms with Crippen LogP contribution in [0.15, 0.2) is 36.4 Å². The van der Waals surface area contributed by atoms with Gasteiger partial charge in [0.05, 0.1) is 17.6 Å². The summed E-state index contributed by atoms with van der Waals surface area (Å²) in [5.41, 5.74) is 2.41. The number of nitro benzene ring substituents is 1. The van der Waals surface area contributed by atoms with Gasteiger partial charge in [-0.25, -0.2) is 4.79 Å². The van der Waals surface area contributed by atoms with Gasteiger partial charge >= 0.3 is 5.97 Å². The Morgan fingerprint density at radius 2 is 1.93 bits per heavy atom. The summed E-state index contributed by atoms with van der Waals surface area (Å²) in [7, 11) is 1.55. The summed E-state index contributed by atoms with van der Waals surface area (Å²) in [4.78, 5) is 25.4. The predicted octanol–water partition coefficient (Wildman–Crippen LogP) is 3.87. The molecule has 0 aromatic heterocycles. The molecule has 0 amide bonds. The van der Waals surface area contributed by atoms with E-state index in [0.717, 1.165) is 37.1 Å². The second-order valence-electron chi connectivity index (χ2n) is 6.55. The van der Waals surface area contributed by atoms with E-state index in [4.69, 9.17) is 9.47 Å². The summed E-state index contributed by atoms with van der Waals surface area (Å²) in [5, 5.41) is 11.5. The molecule has 1 aliphatic rings. The summed E-state index contributed by atoms with van der Waals surface area (Å²) >= 11 is 0. The van der Waals surface area contributed by atoms with Crippen molar-refractivity contribution in [3.8, 4) is 5.75 Å². The average Bonchev–Trinajstić information content (AvgIpc) is 3.20. The Morgan fingerprint density at radius 1 is 1.19 bits per heavy atom. The highest BCUT2D eigenvalue weighted by molar-refractivity contribution is 5.91. The molecule has 7 heteroatoms. The van der Waals surface area contributed by atoms with Crippen LogP contribution in [0.2, 0.25) is 0 Å². The molecule has 1 saturated heterocycles. The number of rotatable bonds is 6. The summed E-state index contributed by atoms with van der Waals surface area (Å²) < 4.78 is 10.6. The molecule has 2 aromatic carbocycles. The fourth-order valence-electron chi connectivity index (χ4n) is 3.27. The van der Waals surface area contributed by atoms with Crippen molar-refractivity contribution < 1.29 is 19.2 Å². The molecule has 1 heterocycles. The lowest BCUT2D eigenvalue weighted by Crippen LogP contribution is -2.19. The van der Waals surface area contributed by atoms with Crippen molar-refractivity contribution >= 4 is 17.3 Å². The molecule has 0 atom stereocenters. The van der Waals surface area contributed by atoms with Crippen molar-refractivity contribution in [3.05, 3.63) is 63.2 Å². The first kappa shape index (κ1) is 18.7. The lowest BCUT2D eigenvalue weighted by atomic mass is 10.1. The number of nitrogens with zero attached hydrogens (tertiary/aromatic N) is 2. The first-order chi connectivity index (χ1) is 13.0. The third-order valence-corrected chi connectivity index (χ3v) is 4.65. The van der Waals surface area contributed by atoms with Crippen molar-refractivity contribution in [2.24, 2.45) is 0 Å². The monoisotopic (exact) mass is 370 g/mol. The van der Waals surface area contributed by atoms with Crippen LogP contribution < -0.4 is 9.64 Å². The van der Waals surface area contributed by atoms with Crippen LogP contribution in [0.5, 0.6) is 5.75 Å². The Labute approximate surface area is 157 Å². The minimum absolute atomic E-state index is 0.0331. The first-order valence-electron chi connectivity index (χ1n) is 8.83. The van der Waals surface area contributed by atoms with E-state index in [-0.39, 0.29) is 17.9 Å². The highest BCUT2D eigenvalue weighted by Crippen LogP contribution is 2.32. The molecule has 0 radical (unpaired) electrons. The van der Waals surface area contributed by atoms with Crippen LogP contribution in [0.1, 0.15) is 34.3 Å². The number of benzene rings is 2. The van der Waals surface area contributed by atoms with E-state index in [2.05, 4.69) is 0 Å². The first-order valence-corrected chi connectivity index (χ1v) is 8.83. The Kier molecular flexibility index (Phi) is 5.59. The van der Waals surface area contributed by atoms with Crippen molar-refractivity contribution in [2.75, 3.05) is 25.1 Å². The number of hydrogen-bond donors (Lipinski definition) is 0. The molecule has 2 aromatic rings. The molecule has 27 heavy (non-hydrogen) atoms. The summed E-state index contributed by atoms with van der Waals surface area (Å²) in [6, 6.07) is 10.1. The van der Waals surface area contributed by atoms with Gasteiger partial charge in [-0.1, -0.05) is 11.6 Å². The highest BCUT2D eigenvalue weighted by atomic mass is 16.6. The maximum atomic E-state index is 12.4. The van der Waals surface area contributed by atoms with Crippen LogP contribution in [-0.4, -0.2) is 31.1 Å². The van der Waals surface area contributed by atoms with Crippen LogP contribution >= 0.6 is 0 Å². The minimum atomic E-state index is -0.602. The van der Waals surface area contributed by atoms with Gasteiger partial charge in [0.15, 0.2) is 0 Å². The molecule has 1 aliphatic heterocycles. The molecule has 0 N–H and O–H groups in total. The van der Waals surface area contributed by atoms with Crippen LogP contribution in [0.25, 0.3) is 0 Å². The van der Waals surface area contributed by atoms with Gasteiger partial charge in [-0.2, -0.15) is 0 Å². The molecule has 3 rings (SSSR count). The van der Waals surface area contributed by atoms with Crippen LogP contribution in [0.4, 0.5) is 11.4 Å². The van der Waals surface area contributed by atoms with Crippen molar-refractivity contribution in [1.82, 2.24) is 0 Å². The number of ether oxygens (including phenoxy) is 2. The van der Waals surface area contributed by atoms with E-state index >= 15 is 0 Å². The fourth-order valence-corrected chi connectivity index (χ4v) is 3.27. The number of carbonyl (C=O) groups excluding carboxylic acids is 1. The second kappa shape index (κ2) is 8.07. The van der Waals surface area contributed by atoms with Crippen LogP contribution in [0.3, 0.4) is 0 Å². The summed E-state index contributed by atoms with van der Waals surface area (Å²) in [5.74, 6) is 0.0263. The summed E-state index contributed by atoms with van der Waals surface area (Å²) in [6.45, 7) is 3.55. The number of aryl methyl sites for hydroxylation is 1. The number of esters is 1. The van der Waals surface area contributed by atoms with Crippen molar-refractivity contribution in [1.29, 1.82) is 0 Å². The smallest absolute Gasteiger partial charge is 0.338 e. The van der Waals surface area contributed by atoms with E-state index < -0.39 is 10.9 Å². The fraction of sp³-hybridized carbons (Fsp3) is 0.350. The second-order valence-corrected chi connectivity index (χ2v) is 6.55. The number of methoxy groups -OCH3 is 1. The molecular weight excluding hydrogens is 348 g/mol. The molecule has 1 fully saturated rings. The number of carbonyl (C=O) groups is 1. The molecule has 0 bridgehead atoms. The Hall–Kier alpha value is -3.09. The predicted molar refractivity (Wildman–Crippen MR) is 101 cm³/mol. The van der Waals surface area contributed by atoms with Gasteiger partial charge in [-0.05, 0) is 44.0 Å². The van der Waals surface area contributed by atoms with E-state index in [9.17, 15) is 14.9 Å². The molecule has 142 valence electrons. The SMILES string of the molecule is COc1ccc(C)cc1COC(=O)c1ccc(N2CCCC2)c([N+](=O)[O-])c1. The molecule has 0 spiro atoms. The molecule has 0 aliphatic carbocycles.